The molecule has 1 amide bonds. The number of amides is 1. The molecule has 2 N–H and O–H groups in total. The van der Waals surface area contributed by atoms with Crippen LogP contribution >= 0.6 is 11.6 Å². The summed E-state index contributed by atoms with van der Waals surface area (Å²) in [6.07, 6.45) is 0. The van der Waals surface area contributed by atoms with Crippen LogP contribution in [-0.4, -0.2) is 11.0 Å². The van der Waals surface area contributed by atoms with Crippen molar-refractivity contribution in [3.63, 3.8) is 0 Å². The molecular formula is C16H14ClNO2. The highest BCUT2D eigenvalue weighted by molar-refractivity contribution is 6.32. The van der Waals surface area contributed by atoms with Gasteiger partial charge in [0.1, 0.15) is 0 Å². The van der Waals surface area contributed by atoms with E-state index in [1.807, 2.05) is 26.0 Å². The molecule has 1 aliphatic rings. The Morgan fingerprint density at radius 3 is 2.40 bits per heavy atom. The average molecular weight is 288 g/mol. The van der Waals surface area contributed by atoms with Gasteiger partial charge in [0.05, 0.1) is 5.69 Å². The summed E-state index contributed by atoms with van der Waals surface area (Å²) in [7, 11) is 0. The molecule has 0 radical (unpaired) electrons. The number of aliphatic hydroxyl groups is 1. The smallest absolute Gasteiger partial charge is 0.265 e. The molecule has 102 valence electrons. The fraction of sp³-hybridized carbons (Fsp3) is 0.188. The molecule has 0 aromatic heterocycles. The molecule has 2 aromatic rings. The maximum Gasteiger partial charge on any atom is 0.265 e. The second kappa shape index (κ2) is 4.33. The van der Waals surface area contributed by atoms with Crippen molar-refractivity contribution in [2.45, 2.75) is 19.4 Å². The summed E-state index contributed by atoms with van der Waals surface area (Å²) in [4.78, 5) is 12.3. The Balaban J connectivity index is 2.23. The number of nitrogens with one attached hydrogen (secondary N) is 1. The molecule has 0 fully saturated rings. The van der Waals surface area contributed by atoms with Crippen LogP contribution in [-0.2, 0) is 10.4 Å². The van der Waals surface area contributed by atoms with Crippen molar-refractivity contribution in [1.29, 1.82) is 0 Å². The summed E-state index contributed by atoms with van der Waals surface area (Å²) in [5, 5.41) is 14.2. The average Bonchev–Trinajstić information content (AvgIpc) is 2.69. The van der Waals surface area contributed by atoms with Crippen molar-refractivity contribution in [2.75, 3.05) is 5.32 Å². The van der Waals surface area contributed by atoms with E-state index >= 15 is 0 Å². The molecule has 4 heteroatoms. The Kier molecular flexibility index (Phi) is 2.85. The second-order valence-corrected chi connectivity index (χ2v) is 5.53. The van der Waals surface area contributed by atoms with Crippen LogP contribution in [0, 0.1) is 13.8 Å². The molecule has 0 bridgehead atoms. The molecule has 20 heavy (non-hydrogen) atoms. The fourth-order valence-corrected chi connectivity index (χ4v) is 2.71. The van der Waals surface area contributed by atoms with Crippen molar-refractivity contribution in [3.05, 3.63) is 63.7 Å². The van der Waals surface area contributed by atoms with E-state index in [9.17, 15) is 9.90 Å². The maximum absolute atomic E-state index is 12.3. The van der Waals surface area contributed by atoms with Crippen molar-refractivity contribution in [2.24, 2.45) is 0 Å². The van der Waals surface area contributed by atoms with Crippen LogP contribution in [0.3, 0.4) is 0 Å². The van der Waals surface area contributed by atoms with Crippen molar-refractivity contribution < 1.29 is 9.90 Å². The van der Waals surface area contributed by atoms with Gasteiger partial charge < -0.3 is 10.4 Å². The number of hydrogen-bond donors (Lipinski definition) is 2. The number of carbonyl (C=O) groups is 1. The van der Waals surface area contributed by atoms with Crippen LogP contribution in [0.1, 0.15) is 22.3 Å². The number of hydrogen-bond acceptors (Lipinski definition) is 2. The first kappa shape index (κ1) is 13.2. The van der Waals surface area contributed by atoms with Gasteiger partial charge in [-0.3, -0.25) is 4.79 Å². The van der Waals surface area contributed by atoms with Crippen LogP contribution in [0.2, 0.25) is 5.02 Å². The zero-order valence-electron chi connectivity index (χ0n) is 11.2. The molecule has 0 saturated heterocycles. The van der Waals surface area contributed by atoms with Crippen LogP contribution in [0.25, 0.3) is 0 Å². The summed E-state index contributed by atoms with van der Waals surface area (Å²) in [6.45, 7) is 3.78. The molecule has 1 unspecified atom stereocenters. The highest BCUT2D eigenvalue weighted by Gasteiger charge is 2.47. The standard InChI is InChI=1S/C16H14ClNO2/c1-9-3-5-11(6-4-9)16(20)12-7-8-13(17)10(2)14(12)18-15(16)19/h3-8,20H,1-2H3,(H,18,19). The summed E-state index contributed by atoms with van der Waals surface area (Å²) >= 11 is 6.07. The highest BCUT2D eigenvalue weighted by atomic mass is 35.5. The topological polar surface area (TPSA) is 49.3 Å². The Morgan fingerprint density at radius 1 is 1.10 bits per heavy atom. The van der Waals surface area contributed by atoms with E-state index in [4.69, 9.17) is 11.6 Å². The van der Waals surface area contributed by atoms with Gasteiger partial charge in [-0.2, -0.15) is 0 Å². The Bertz CT molecular complexity index is 709. The zero-order chi connectivity index (χ0) is 14.5. The molecule has 0 aliphatic carbocycles. The van der Waals surface area contributed by atoms with Crippen LogP contribution in [0.5, 0.6) is 0 Å². The van der Waals surface area contributed by atoms with Crippen LogP contribution < -0.4 is 5.32 Å². The van der Waals surface area contributed by atoms with E-state index < -0.39 is 11.5 Å². The van der Waals surface area contributed by atoms with E-state index in [2.05, 4.69) is 5.32 Å². The van der Waals surface area contributed by atoms with Crippen LogP contribution in [0.15, 0.2) is 36.4 Å². The normalized spacial score (nSPS) is 20.7. The summed E-state index contributed by atoms with van der Waals surface area (Å²) in [5.74, 6) is -0.443. The molecule has 0 saturated carbocycles. The molecule has 1 heterocycles. The minimum absolute atomic E-state index is 0.443. The largest absolute Gasteiger partial charge is 0.372 e. The number of anilines is 1. The van der Waals surface area contributed by atoms with E-state index in [-0.39, 0.29) is 0 Å². The lowest BCUT2D eigenvalue weighted by atomic mass is 9.86. The Labute approximate surface area is 122 Å². The van der Waals surface area contributed by atoms with E-state index in [0.29, 0.717) is 21.8 Å². The molecule has 0 spiro atoms. The van der Waals surface area contributed by atoms with Gasteiger partial charge in [-0.15, -0.1) is 0 Å². The van der Waals surface area contributed by atoms with Crippen molar-refractivity contribution in [1.82, 2.24) is 0 Å². The summed E-state index contributed by atoms with van der Waals surface area (Å²) in [5.41, 5.74) is 1.89. The van der Waals surface area contributed by atoms with Crippen molar-refractivity contribution >= 4 is 23.2 Å². The van der Waals surface area contributed by atoms with Gasteiger partial charge in [0.25, 0.3) is 5.91 Å². The lowest BCUT2D eigenvalue weighted by molar-refractivity contribution is -0.129. The number of rotatable bonds is 1. The third-order valence-electron chi connectivity index (χ3n) is 3.83. The summed E-state index contributed by atoms with van der Waals surface area (Å²) in [6, 6.07) is 10.7. The Hall–Kier alpha value is -1.84. The van der Waals surface area contributed by atoms with E-state index in [0.717, 1.165) is 11.1 Å². The molecular weight excluding hydrogens is 274 g/mol. The molecule has 2 aromatic carbocycles. The van der Waals surface area contributed by atoms with Crippen molar-refractivity contribution in [3.8, 4) is 0 Å². The first-order valence-corrected chi connectivity index (χ1v) is 6.73. The lowest BCUT2D eigenvalue weighted by Crippen LogP contribution is -2.35. The van der Waals surface area contributed by atoms with Gasteiger partial charge in [0.15, 0.2) is 5.60 Å². The van der Waals surface area contributed by atoms with Gasteiger partial charge in [-0.1, -0.05) is 47.5 Å². The SMILES string of the molecule is Cc1ccc(C2(O)C(=O)Nc3c2ccc(Cl)c3C)cc1. The minimum Gasteiger partial charge on any atom is -0.372 e. The Morgan fingerprint density at radius 2 is 1.75 bits per heavy atom. The first-order valence-electron chi connectivity index (χ1n) is 6.35. The molecule has 1 aliphatic heterocycles. The molecule has 1 atom stereocenters. The van der Waals surface area contributed by atoms with Gasteiger partial charge in [-0.25, -0.2) is 0 Å². The number of aryl methyl sites for hydroxylation is 1. The van der Waals surface area contributed by atoms with Gasteiger partial charge >= 0.3 is 0 Å². The predicted molar refractivity (Wildman–Crippen MR) is 79.0 cm³/mol. The maximum atomic E-state index is 12.3. The molecule has 3 rings (SSSR count). The number of carbonyl (C=O) groups excluding carboxylic acids is 1. The van der Waals surface area contributed by atoms with Crippen LogP contribution in [0.4, 0.5) is 5.69 Å². The monoisotopic (exact) mass is 287 g/mol. The van der Waals surface area contributed by atoms with E-state index in [1.165, 1.54) is 0 Å². The number of halogens is 1. The van der Waals surface area contributed by atoms with E-state index in [1.54, 1.807) is 24.3 Å². The third kappa shape index (κ3) is 1.67. The zero-order valence-corrected chi connectivity index (χ0v) is 12.0. The quantitative estimate of drug-likeness (QED) is 0.846. The highest BCUT2D eigenvalue weighted by Crippen LogP contribution is 2.44. The summed E-state index contributed by atoms with van der Waals surface area (Å²) < 4.78 is 0. The predicted octanol–water partition coefficient (Wildman–Crippen LogP) is 3.14. The third-order valence-corrected chi connectivity index (χ3v) is 4.23. The minimum atomic E-state index is -1.65. The number of fused-ring (bicyclic) bond motifs is 1. The van der Waals surface area contributed by atoms with Gasteiger partial charge in [0, 0.05) is 10.6 Å². The second-order valence-electron chi connectivity index (χ2n) is 5.13. The fourth-order valence-electron chi connectivity index (χ4n) is 2.56. The number of benzene rings is 2. The van der Waals surface area contributed by atoms with Gasteiger partial charge in [-0.05, 0) is 31.0 Å². The lowest BCUT2D eigenvalue weighted by Gasteiger charge is -2.21. The first-order chi connectivity index (χ1) is 9.44. The molecule has 3 nitrogen and oxygen atoms in total. The van der Waals surface area contributed by atoms with Gasteiger partial charge in [0.2, 0.25) is 0 Å².